The minimum atomic E-state index is -0.894. The first-order chi connectivity index (χ1) is 8.82. The number of hydrogen-bond donors (Lipinski definition) is 2. The smallest absolute Gasteiger partial charge is 0.320 e. The fourth-order valence-electron chi connectivity index (χ4n) is 1.82. The molecule has 0 fully saturated rings. The van der Waals surface area contributed by atoms with Gasteiger partial charge in [-0.05, 0) is 24.0 Å². The molecule has 0 spiro atoms. The van der Waals surface area contributed by atoms with Crippen LogP contribution in [0.3, 0.4) is 0 Å². The van der Waals surface area contributed by atoms with Gasteiger partial charge in [-0.1, -0.05) is 19.9 Å². The quantitative estimate of drug-likeness (QED) is 0.607. The molecular weight excluding hydrogens is 248 g/mol. The molecular formula is C13H18N2O4. The summed E-state index contributed by atoms with van der Waals surface area (Å²) < 4.78 is 0. The normalized spacial score (nSPS) is 12.4. The maximum absolute atomic E-state index is 11.0. The van der Waals surface area contributed by atoms with Crippen LogP contribution in [0.1, 0.15) is 25.0 Å². The average molecular weight is 266 g/mol. The van der Waals surface area contributed by atoms with Crippen LogP contribution in [0.2, 0.25) is 0 Å². The van der Waals surface area contributed by atoms with Crippen molar-refractivity contribution in [3.63, 3.8) is 0 Å². The van der Waals surface area contributed by atoms with Crippen molar-refractivity contribution in [2.24, 2.45) is 5.92 Å². The number of hydrogen-bond acceptors (Lipinski definition) is 4. The van der Waals surface area contributed by atoms with Crippen molar-refractivity contribution < 1.29 is 14.8 Å². The number of nitro benzene ring substituents is 1. The summed E-state index contributed by atoms with van der Waals surface area (Å²) in [6.07, 6.45) is 0. The third kappa shape index (κ3) is 4.03. The third-order valence-corrected chi connectivity index (χ3v) is 2.98. The van der Waals surface area contributed by atoms with Gasteiger partial charge in [0.25, 0.3) is 5.69 Å². The van der Waals surface area contributed by atoms with Crippen LogP contribution in [0, 0.1) is 23.0 Å². The van der Waals surface area contributed by atoms with Crippen LogP contribution < -0.4 is 5.32 Å². The number of aryl methyl sites for hydroxylation is 1. The molecule has 0 radical (unpaired) electrons. The lowest BCUT2D eigenvalue weighted by Crippen LogP contribution is -2.40. The fourth-order valence-corrected chi connectivity index (χ4v) is 1.82. The maximum Gasteiger partial charge on any atom is 0.320 e. The first-order valence-electron chi connectivity index (χ1n) is 6.03. The zero-order chi connectivity index (χ0) is 14.6. The molecule has 0 saturated carbocycles. The molecule has 0 aliphatic heterocycles. The Kier molecular flexibility index (Phi) is 5.00. The van der Waals surface area contributed by atoms with Crippen LogP contribution in [-0.4, -0.2) is 22.0 Å². The van der Waals surface area contributed by atoms with Crippen molar-refractivity contribution in [2.75, 3.05) is 0 Å². The molecule has 19 heavy (non-hydrogen) atoms. The highest BCUT2D eigenvalue weighted by Gasteiger charge is 2.20. The van der Waals surface area contributed by atoms with Gasteiger partial charge in [-0.25, -0.2) is 0 Å². The van der Waals surface area contributed by atoms with Gasteiger partial charge in [-0.3, -0.25) is 14.9 Å². The monoisotopic (exact) mass is 266 g/mol. The van der Waals surface area contributed by atoms with Crippen molar-refractivity contribution >= 4 is 11.7 Å². The predicted molar refractivity (Wildman–Crippen MR) is 70.9 cm³/mol. The Morgan fingerprint density at radius 2 is 2.11 bits per heavy atom. The van der Waals surface area contributed by atoms with Gasteiger partial charge < -0.3 is 10.4 Å². The molecule has 0 unspecified atom stereocenters. The molecule has 0 amide bonds. The van der Waals surface area contributed by atoms with Crippen LogP contribution in [-0.2, 0) is 11.3 Å². The average Bonchev–Trinajstić information content (AvgIpc) is 2.29. The summed E-state index contributed by atoms with van der Waals surface area (Å²) in [6, 6.07) is 3.94. The van der Waals surface area contributed by atoms with Crippen molar-refractivity contribution in [2.45, 2.75) is 33.4 Å². The molecule has 0 heterocycles. The minimum absolute atomic E-state index is 0.0316. The Morgan fingerprint density at radius 3 is 2.53 bits per heavy atom. The molecule has 1 atom stereocenters. The summed E-state index contributed by atoms with van der Waals surface area (Å²) in [5, 5.41) is 22.6. The Bertz CT molecular complexity index is 486. The van der Waals surface area contributed by atoms with E-state index in [1.54, 1.807) is 13.0 Å². The van der Waals surface area contributed by atoms with Crippen molar-refractivity contribution in [1.29, 1.82) is 0 Å². The standard InChI is InChI=1S/C13H18N2O4/c1-8(2)12(13(16)17)14-7-10-4-5-11(15(18)19)6-9(10)3/h4-6,8,12,14H,7H2,1-3H3,(H,16,17)/t12-/m1/s1. The summed E-state index contributed by atoms with van der Waals surface area (Å²) in [7, 11) is 0. The third-order valence-electron chi connectivity index (χ3n) is 2.98. The molecule has 1 aromatic carbocycles. The zero-order valence-corrected chi connectivity index (χ0v) is 11.2. The molecule has 0 aliphatic carbocycles. The van der Waals surface area contributed by atoms with Crippen LogP contribution in [0.5, 0.6) is 0 Å². The Morgan fingerprint density at radius 1 is 1.47 bits per heavy atom. The number of non-ortho nitro benzene ring substituents is 1. The highest BCUT2D eigenvalue weighted by atomic mass is 16.6. The predicted octanol–water partition coefficient (Wildman–Crippen LogP) is 2.10. The highest BCUT2D eigenvalue weighted by molar-refractivity contribution is 5.73. The van der Waals surface area contributed by atoms with E-state index in [1.165, 1.54) is 12.1 Å². The molecule has 0 aliphatic rings. The molecule has 0 saturated heterocycles. The number of rotatable bonds is 6. The number of carboxylic acid groups (broad SMARTS) is 1. The van der Waals surface area contributed by atoms with E-state index in [2.05, 4.69) is 5.32 Å². The Balaban J connectivity index is 2.78. The van der Waals surface area contributed by atoms with E-state index in [4.69, 9.17) is 5.11 Å². The number of nitro groups is 1. The van der Waals surface area contributed by atoms with E-state index in [0.717, 1.165) is 11.1 Å². The van der Waals surface area contributed by atoms with Crippen molar-refractivity contribution in [1.82, 2.24) is 5.32 Å². The molecule has 0 aromatic heterocycles. The maximum atomic E-state index is 11.0. The highest BCUT2D eigenvalue weighted by Crippen LogP contribution is 2.17. The van der Waals surface area contributed by atoms with Gasteiger partial charge in [0.1, 0.15) is 6.04 Å². The second-order valence-electron chi connectivity index (χ2n) is 4.81. The largest absolute Gasteiger partial charge is 0.480 e. The van der Waals surface area contributed by atoms with Crippen LogP contribution >= 0.6 is 0 Å². The number of benzene rings is 1. The first-order valence-corrected chi connectivity index (χ1v) is 6.03. The van der Waals surface area contributed by atoms with Crippen molar-refractivity contribution in [3.8, 4) is 0 Å². The number of carboxylic acids is 1. The second kappa shape index (κ2) is 6.29. The molecule has 0 bridgehead atoms. The van der Waals surface area contributed by atoms with E-state index in [9.17, 15) is 14.9 Å². The van der Waals surface area contributed by atoms with Gasteiger partial charge in [-0.15, -0.1) is 0 Å². The molecule has 2 N–H and O–H groups in total. The summed E-state index contributed by atoms with van der Waals surface area (Å²) in [5.41, 5.74) is 1.67. The number of nitrogens with zero attached hydrogens (tertiary/aromatic N) is 1. The van der Waals surface area contributed by atoms with Crippen LogP contribution in [0.25, 0.3) is 0 Å². The molecule has 104 valence electrons. The lowest BCUT2D eigenvalue weighted by Gasteiger charge is -2.18. The summed E-state index contributed by atoms with van der Waals surface area (Å²) in [4.78, 5) is 21.2. The summed E-state index contributed by atoms with van der Waals surface area (Å²) in [6.45, 7) is 5.80. The van der Waals surface area contributed by atoms with E-state index < -0.39 is 16.9 Å². The molecule has 1 aromatic rings. The fraction of sp³-hybridized carbons (Fsp3) is 0.462. The lowest BCUT2D eigenvalue weighted by molar-refractivity contribution is -0.384. The zero-order valence-electron chi connectivity index (χ0n) is 11.2. The van der Waals surface area contributed by atoms with E-state index >= 15 is 0 Å². The number of aliphatic carboxylic acids is 1. The van der Waals surface area contributed by atoms with Gasteiger partial charge in [0, 0.05) is 18.7 Å². The van der Waals surface area contributed by atoms with E-state index in [0.29, 0.717) is 6.54 Å². The molecule has 6 heteroatoms. The van der Waals surface area contributed by atoms with Gasteiger partial charge in [-0.2, -0.15) is 0 Å². The van der Waals surface area contributed by atoms with Crippen LogP contribution in [0.15, 0.2) is 18.2 Å². The number of carbonyl (C=O) groups is 1. The van der Waals surface area contributed by atoms with Crippen LogP contribution in [0.4, 0.5) is 5.69 Å². The molecule has 1 rings (SSSR count). The number of nitrogens with one attached hydrogen (secondary N) is 1. The Labute approximate surface area is 111 Å². The summed E-state index contributed by atoms with van der Waals surface area (Å²) >= 11 is 0. The molecule has 6 nitrogen and oxygen atoms in total. The van der Waals surface area contributed by atoms with Gasteiger partial charge in [0.2, 0.25) is 0 Å². The van der Waals surface area contributed by atoms with Gasteiger partial charge in [0.05, 0.1) is 4.92 Å². The van der Waals surface area contributed by atoms with Gasteiger partial charge in [0.15, 0.2) is 0 Å². The SMILES string of the molecule is Cc1cc([N+](=O)[O-])ccc1CN[C@@H](C(=O)O)C(C)C. The van der Waals surface area contributed by atoms with E-state index in [1.807, 2.05) is 13.8 Å². The Hall–Kier alpha value is -1.95. The van der Waals surface area contributed by atoms with Gasteiger partial charge >= 0.3 is 5.97 Å². The second-order valence-corrected chi connectivity index (χ2v) is 4.81. The van der Waals surface area contributed by atoms with Crippen molar-refractivity contribution in [3.05, 3.63) is 39.4 Å². The summed E-state index contributed by atoms with van der Waals surface area (Å²) in [5.74, 6) is -0.926. The lowest BCUT2D eigenvalue weighted by atomic mass is 10.0. The minimum Gasteiger partial charge on any atom is -0.480 e. The topological polar surface area (TPSA) is 92.5 Å². The van der Waals surface area contributed by atoms with E-state index in [-0.39, 0.29) is 11.6 Å². The first kappa shape index (κ1) is 15.1.